The fourth-order valence-corrected chi connectivity index (χ4v) is 3.77. The first-order valence-electron chi connectivity index (χ1n) is 8.53. The highest BCUT2D eigenvalue weighted by molar-refractivity contribution is 6.00. The normalized spacial score (nSPS) is 16.5. The quantitative estimate of drug-likeness (QED) is 0.777. The van der Waals surface area contributed by atoms with Gasteiger partial charge in [-0.25, -0.2) is 4.52 Å². The van der Waals surface area contributed by atoms with Crippen molar-refractivity contribution >= 4 is 17.1 Å². The van der Waals surface area contributed by atoms with Crippen molar-refractivity contribution < 1.29 is 4.79 Å². The molecule has 1 fully saturated rings. The van der Waals surface area contributed by atoms with E-state index in [1.54, 1.807) is 0 Å². The Morgan fingerprint density at radius 1 is 1.12 bits per heavy atom. The van der Waals surface area contributed by atoms with Gasteiger partial charge in [-0.3, -0.25) is 4.79 Å². The second kappa shape index (κ2) is 4.69. The molecule has 0 saturated heterocycles. The lowest BCUT2D eigenvalue weighted by Crippen LogP contribution is -2.04. The second-order valence-electron chi connectivity index (χ2n) is 7.10. The molecular weight excluding hydrogens is 298 g/mol. The predicted octanol–water partition coefficient (Wildman–Crippen LogP) is 3.99. The van der Waals surface area contributed by atoms with E-state index in [1.807, 2.05) is 0 Å². The predicted molar refractivity (Wildman–Crippen MR) is 94.4 cm³/mol. The van der Waals surface area contributed by atoms with E-state index in [1.165, 1.54) is 24.1 Å². The molecule has 1 aromatic carbocycles. The maximum Gasteiger partial charge on any atom is 0.228 e. The lowest BCUT2D eigenvalue weighted by molar-refractivity contribution is -0.115. The van der Waals surface area contributed by atoms with E-state index in [0.29, 0.717) is 12.3 Å². The standard InChI is InChI=1S/C20H19N3O/c1-11-3-6-16-10-17(13-4-5-13)22-23(16)20(11)15-7-12(2)19-14(8-15)9-18(24)21-19/h3,6-8,10,13H,4-5,9H2,1-2H3,(H,21,24). The zero-order valence-corrected chi connectivity index (χ0v) is 13.9. The Hall–Kier alpha value is -2.62. The van der Waals surface area contributed by atoms with E-state index >= 15 is 0 Å². The van der Waals surface area contributed by atoms with Crippen LogP contribution in [0, 0.1) is 13.8 Å². The van der Waals surface area contributed by atoms with E-state index in [2.05, 4.69) is 54.0 Å². The third-order valence-corrected chi connectivity index (χ3v) is 5.15. The summed E-state index contributed by atoms with van der Waals surface area (Å²) in [4.78, 5) is 11.7. The number of anilines is 1. The molecular formula is C20H19N3O. The number of nitrogens with zero attached hydrogens (tertiary/aromatic N) is 2. The van der Waals surface area contributed by atoms with Gasteiger partial charge in [0.15, 0.2) is 0 Å². The summed E-state index contributed by atoms with van der Waals surface area (Å²) in [7, 11) is 0. The van der Waals surface area contributed by atoms with Crippen LogP contribution in [-0.2, 0) is 11.2 Å². The Morgan fingerprint density at radius 2 is 1.96 bits per heavy atom. The summed E-state index contributed by atoms with van der Waals surface area (Å²) in [6.45, 7) is 4.18. The molecule has 3 heterocycles. The van der Waals surface area contributed by atoms with Crippen LogP contribution in [0.2, 0.25) is 0 Å². The van der Waals surface area contributed by atoms with Gasteiger partial charge in [0.05, 0.1) is 23.3 Å². The van der Waals surface area contributed by atoms with Gasteiger partial charge in [-0.15, -0.1) is 0 Å². The van der Waals surface area contributed by atoms with Gasteiger partial charge in [0, 0.05) is 17.2 Å². The highest BCUT2D eigenvalue weighted by Crippen LogP contribution is 2.40. The summed E-state index contributed by atoms with van der Waals surface area (Å²) in [5, 5.41) is 7.85. The molecule has 1 N–H and O–H groups in total. The van der Waals surface area contributed by atoms with Crippen LogP contribution < -0.4 is 5.32 Å². The Morgan fingerprint density at radius 3 is 2.75 bits per heavy atom. The summed E-state index contributed by atoms with van der Waals surface area (Å²) < 4.78 is 2.08. The average molecular weight is 317 g/mol. The zero-order chi connectivity index (χ0) is 16.4. The Labute approximate surface area is 140 Å². The Balaban J connectivity index is 1.74. The van der Waals surface area contributed by atoms with Crippen LogP contribution in [0.15, 0.2) is 30.3 Å². The third kappa shape index (κ3) is 1.99. The number of fused-ring (bicyclic) bond motifs is 2. The number of hydrogen-bond donors (Lipinski definition) is 1. The van der Waals surface area contributed by atoms with Crippen LogP contribution in [0.3, 0.4) is 0 Å². The molecule has 0 radical (unpaired) electrons. The van der Waals surface area contributed by atoms with Crippen molar-refractivity contribution in [3.8, 4) is 11.3 Å². The minimum atomic E-state index is 0.0790. The molecule has 1 saturated carbocycles. The third-order valence-electron chi connectivity index (χ3n) is 5.15. The zero-order valence-electron chi connectivity index (χ0n) is 13.9. The molecule has 0 bridgehead atoms. The smallest absolute Gasteiger partial charge is 0.228 e. The summed E-state index contributed by atoms with van der Waals surface area (Å²) >= 11 is 0. The number of nitrogens with one attached hydrogen (secondary N) is 1. The monoisotopic (exact) mass is 317 g/mol. The van der Waals surface area contributed by atoms with Gasteiger partial charge in [-0.05, 0) is 67.6 Å². The summed E-state index contributed by atoms with van der Waals surface area (Å²) in [6, 6.07) is 10.8. The molecule has 0 atom stereocenters. The molecule has 4 heteroatoms. The fourth-order valence-electron chi connectivity index (χ4n) is 3.77. The molecule has 0 spiro atoms. The van der Waals surface area contributed by atoms with Crippen LogP contribution in [-0.4, -0.2) is 15.5 Å². The van der Waals surface area contributed by atoms with Gasteiger partial charge < -0.3 is 5.32 Å². The summed E-state index contributed by atoms with van der Waals surface area (Å²) in [5.41, 5.74) is 8.99. The van der Waals surface area contributed by atoms with Crippen LogP contribution in [0.5, 0.6) is 0 Å². The van der Waals surface area contributed by atoms with Gasteiger partial charge in [0.2, 0.25) is 5.91 Å². The first kappa shape index (κ1) is 13.8. The number of aryl methyl sites for hydroxylation is 2. The van der Waals surface area contributed by atoms with Crippen molar-refractivity contribution in [1.82, 2.24) is 9.61 Å². The van der Waals surface area contributed by atoms with Gasteiger partial charge in [-0.1, -0.05) is 6.07 Å². The van der Waals surface area contributed by atoms with E-state index in [-0.39, 0.29) is 5.91 Å². The van der Waals surface area contributed by atoms with Crippen LogP contribution in [0.1, 0.15) is 41.1 Å². The van der Waals surface area contributed by atoms with E-state index in [9.17, 15) is 4.79 Å². The largest absolute Gasteiger partial charge is 0.325 e. The number of benzene rings is 1. The maximum atomic E-state index is 11.7. The number of hydrogen-bond acceptors (Lipinski definition) is 2. The fraction of sp³-hybridized carbons (Fsp3) is 0.300. The van der Waals surface area contributed by atoms with Crippen LogP contribution in [0.4, 0.5) is 5.69 Å². The van der Waals surface area contributed by atoms with Gasteiger partial charge in [-0.2, -0.15) is 5.10 Å². The van der Waals surface area contributed by atoms with Gasteiger partial charge in [0.25, 0.3) is 0 Å². The van der Waals surface area contributed by atoms with Crippen molar-refractivity contribution in [2.45, 2.75) is 39.0 Å². The lowest BCUT2D eigenvalue weighted by atomic mass is 9.99. The molecule has 0 unspecified atom stereocenters. The van der Waals surface area contributed by atoms with E-state index in [0.717, 1.165) is 33.6 Å². The first-order valence-corrected chi connectivity index (χ1v) is 8.53. The summed E-state index contributed by atoms with van der Waals surface area (Å²) in [6.07, 6.45) is 2.97. The van der Waals surface area contributed by atoms with Crippen molar-refractivity contribution in [1.29, 1.82) is 0 Å². The van der Waals surface area contributed by atoms with E-state index in [4.69, 9.17) is 5.10 Å². The first-order chi connectivity index (χ1) is 11.6. The molecule has 24 heavy (non-hydrogen) atoms. The minimum Gasteiger partial charge on any atom is -0.325 e. The minimum absolute atomic E-state index is 0.0790. The van der Waals surface area contributed by atoms with Crippen molar-refractivity contribution in [3.05, 3.63) is 52.7 Å². The number of rotatable bonds is 2. The number of amides is 1. The SMILES string of the molecule is Cc1cc(-c2c(C)ccc3cc(C4CC4)nn23)cc2c1NC(=O)C2. The van der Waals surface area contributed by atoms with E-state index < -0.39 is 0 Å². The number of carbonyl (C=O) groups is 1. The second-order valence-corrected chi connectivity index (χ2v) is 7.10. The molecule has 3 aromatic rings. The Bertz CT molecular complexity index is 1010. The Kier molecular flexibility index (Phi) is 2.70. The number of aromatic nitrogens is 2. The highest BCUT2D eigenvalue weighted by Gasteiger charge is 2.27. The molecule has 4 nitrogen and oxygen atoms in total. The molecule has 120 valence electrons. The topological polar surface area (TPSA) is 46.4 Å². The number of carbonyl (C=O) groups excluding carboxylic acids is 1. The molecule has 5 rings (SSSR count). The molecule has 1 aliphatic carbocycles. The van der Waals surface area contributed by atoms with Gasteiger partial charge in [0.1, 0.15) is 0 Å². The molecule has 2 aliphatic rings. The maximum absolute atomic E-state index is 11.7. The van der Waals surface area contributed by atoms with Crippen LogP contribution >= 0.6 is 0 Å². The molecule has 2 aromatic heterocycles. The lowest BCUT2D eigenvalue weighted by Gasteiger charge is -2.12. The number of pyridine rings is 1. The molecule has 1 aliphatic heterocycles. The van der Waals surface area contributed by atoms with Crippen molar-refractivity contribution in [2.75, 3.05) is 5.32 Å². The summed E-state index contributed by atoms with van der Waals surface area (Å²) in [5.74, 6) is 0.719. The highest BCUT2D eigenvalue weighted by atomic mass is 16.1. The van der Waals surface area contributed by atoms with Gasteiger partial charge >= 0.3 is 0 Å². The molecule has 1 amide bonds. The van der Waals surface area contributed by atoms with Crippen molar-refractivity contribution in [3.63, 3.8) is 0 Å². The average Bonchev–Trinajstić information content (AvgIpc) is 3.19. The van der Waals surface area contributed by atoms with Crippen molar-refractivity contribution in [2.24, 2.45) is 0 Å². The van der Waals surface area contributed by atoms with Crippen LogP contribution in [0.25, 0.3) is 16.8 Å².